The molecule has 6 heteroatoms. The van der Waals surface area contributed by atoms with E-state index < -0.39 is 9.28 Å². The second kappa shape index (κ2) is 9.94. The van der Waals surface area contributed by atoms with E-state index in [9.17, 15) is 4.79 Å². The van der Waals surface area contributed by atoms with Crippen molar-refractivity contribution in [2.45, 2.75) is 26.3 Å². The summed E-state index contributed by atoms with van der Waals surface area (Å²) in [7, 11) is -0.143. The van der Waals surface area contributed by atoms with Crippen LogP contribution in [0, 0.1) is 0 Å². The molecule has 90 valence electrons. The van der Waals surface area contributed by atoms with Gasteiger partial charge in [-0.2, -0.15) is 0 Å². The van der Waals surface area contributed by atoms with E-state index in [1.807, 2.05) is 13.8 Å². The Morgan fingerprint density at radius 1 is 1.27 bits per heavy atom. The van der Waals surface area contributed by atoms with Crippen LogP contribution in [0.2, 0.25) is 6.04 Å². The van der Waals surface area contributed by atoms with Gasteiger partial charge in [-0.1, -0.05) is 0 Å². The molecule has 0 aliphatic rings. The van der Waals surface area contributed by atoms with Gasteiger partial charge in [-0.15, -0.1) is 0 Å². The quantitative estimate of drug-likeness (QED) is 0.504. The standard InChI is InChI=1S/C9H21NO4Si/c1-4-13-15(14-5-2)8-6-7-10-9(11)12-3/h15H,4-8H2,1-3H3,(H,10,11). The number of carbonyl (C=O) groups excluding carboxylic acids is 1. The minimum absolute atomic E-state index is 0.388. The lowest BCUT2D eigenvalue weighted by Gasteiger charge is -2.14. The number of hydrogen-bond acceptors (Lipinski definition) is 4. The largest absolute Gasteiger partial charge is 0.453 e. The summed E-state index contributed by atoms with van der Waals surface area (Å²) < 4.78 is 15.4. The van der Waals surface area contributed by atoms with Gasteiger partial charge in [-0.3, -0.25) is 0 Å². The fourth-order valence-electron chi connectivity index (χ4n) is 1.12. The highest BCUT2D eigenvalue weighted by Crippen LogP contribution is 2.00. The van der Waals surface area contributed by atoms with E-state index in [2.05, 4.69) is 10.1 Å². The number of alkyl carbamates (subject to hydrolysis) is 1. The number of amides is 1. The van der Waals surface area contributed by atoms with Crippen molar-refractivity contribution in [3.63, 3.8) is 0 Å². The lowest BCUT2D eigenvalue weighted by Crippen LogP contribution is -2.27. The maximum absolute atomic E-state index is 10.7. The zero-order valence-electron chi connectivity index (χ0n) is 9.75. The van der Waals surface area contributed by atoms with Crippen molar-refractivity contribution in [3.8, 4) is 0 Å². The molecule has 0 aromatic rings. The highest BCUT2D eigenvalue weighted by molar-refractivity contribution is 6.44. The Kier molecular flexibility index (Phi) is 9.55. The average Bonchev–Trinajstić information content (AvgIpc) is 2.24. The Hall–Kier alpha value is -0.593. The summed E-state index contributed by atoms with van der Waals surface area (Å²) in [4.78, 5) is 10.7. The second-order valence-corrected chi connectivity index (χ2v) is 5.00. The first kappa shape index (κ1) is 14.4. The first-order valence-corrected chi connectivity index (χ1v) is 7.05. The normalized spacial score (nSPS) is 10.4. The Bertz CT molecular complexity index is 162. The van der Waals surface area contributed by atoms with Crippen LogP contribution in [0.15, 0.2) is 0 Å². The van der Waals surface area contributed by atoms with Gasteiger partial charge in [0.05, 0.1) is 7.11 Å². The van der Waals surface area contributed by atoms with E-state index in [1.54, 1.807) is 0 Å². The van der Waals surface area contributed by atoms with E-state index in [4.69, 9.17) is 8.85 Å². The fraction of sp³-hybridized carbons (Fsp3) is 0.889. The van der Waals surface area contributed by atoms with Gasteiger partial charge in [0, 0.05) is 19.8 Å². The molecule has 0 aromatic carbocycles. The molecule has 1 amide bonds. The van der Waals surface area contributed by atoms with Crippen molar-refractivity contribution >= 4 is 15.4 Å². The summed E-state index contributed by atoms with van der Waals surface area (Å²) in [6.45, 7) is 5.93. The fourth-order valence-corrected chi connectivity index (χ4v) is 2.83. The van der Waals surface area contributed by atoms with E-state index in [1.165, 1.54) is 7.11 Å². The number of ether oxygens (including phenoxy) is 1. The monoisotopic (exact) mass is 235 g/mol. The van der Waals surface area contributed by atoms with Gasteiger partial charge in [0.25, 0.3) is 0 Å². The molecule has 15 heavy (non-hydrogen) atoms. The summed E-state index contributed by atoms with van der Waals surface area (Å²) in [5.74, 6) is 0. The van der Waals surface area contributed by atoms with Crippen LogP contribution in [0.3, 0.4) is 0 Å². The molecular formula is C9H21NO4Si. The minimum atomic E-state index is -1.50. The highest BCUT2D eigenvalue weighted by Gasteiger charge is 2.11. The first-order chi connectivity index (χ1) is 7.24. The van der Waals surface area contributed by atoms with Gasteiger partial charge in [0.15, 0.2) is 0 Å². The van der Waals surface area contributed by atoms with Crippen molar-refractivity contribution < 1.29 is 18.4 Å². The molecule has 0 radical (unpaired) electrons. The van der Waals surface area contributed by atoms with E-state index >= 15 is 0 Å². The van der Waals surface area contributed by atoms with Crippen LogP contribution in [-0.4, -0.2) is 42.2 Å². The lowest BCUT2D eigenvalue weighted by molar-refractivity contribution is 0.170. The summed E-state index contributed by atoms with van der Waals surface area (Å²) in [6, 6.07) is 0.908. The van der Waals surface area contributed by atoms with Crippen LogP contribution >= 0.6 is 0 Å². The maximum Gasteiger partial charge on any atom is 0.406 e. The molecule has 0 rings (SSSR count). The Balaban J connectivity index is 3.48. The molecule has 0 saturated heterocycles. The SMILES string of the molecule is CCO[SiH](CCCNC(=O)OC)OCC. The first-order valence-electron chi connectivity index (χ1n) is 5.29. The Labute approximate surface area is 92.9 Å². The van der Waals surface area contributed by atoms with Crippen LogP contribution < -0.4 is 5.32 Å². The van der Waals surface area contributed by atoms with E-state index in [-0.39, 0.29) is 6.09 Å². The van der Waals surface area contributed by atoms with E-state index in [0.717, 1.165) is 12.5 Å². The lowest BCUT2D eigenvalue weighted by atomic mass is 10.5. The predicted molar refractivity (Wildman–Crippen MR) is 60.2 cm³/mol. The molecule has 0 aromatic heterocycles. The molecule has 0 fully saturated rings. The number of carbonyl (C=O) groups is 1. The zero-order chi connectivity index (χ0) is 11.5. The van der Waals surface area contributed by atoms with Crippen molar-refractivity contribution in [2.24, 2.45) is 0 Å². The van der Waals surface area contributed by atoms with Gasteiger partial charge in [0.1, 0.15) is 0 Å². The number of methoxy groups -OCH3 is 1. The molecule has 0 saturated carbocycles. The van der Waals surface area contributed by atoms with Crippen molar-refractivity contribution in [1.29, 1.82) is 0 Å². The molecule has 0 atom stereocenters. The number of nitrogens with one attached hydrogen (secondary N) is 1. The molecule has 1 N–H and O–H groups in total. The molecule has 5 nitrogen and oxygen atoms in total. The second-order valence-electron chi connectivity index (χ2n) is 2.90. The van der Waals surface area contributed by atoms with Crippen LogP contribution in [0.4, 0.5) is 4.79 Å². The average molecular weight is 235 g/mol. The maximum atomic E-state index is 10.7. The summed E-state index contributed by atoms with van der Waals surface area (Å²) in [5.41, 5.74) is 0. The number of rotatable bonds is 8. The smallest absolute Gasteiger partial charge is 0.406 e. The highest BCUT2D eigenvalue weighted by atomic mass is 28.3. The third kappa shape index (κ3) is 8.40. The van der Waals surface area contributed by atoms with Crippen molar-refractivity contribution in [1.82, 2.24) is 5.32 Å². The van der Waals surface area contributed by atoms with Gasteiger partial charge < -0.3 is 18.9 Å². The molecule has 0 aliphatic heterocycles. The third-order valence-corrected chi connectivity index (χ3v) is 4.07. The van der Waals surface area contributed by atoms with E-state index in [0.29, 0.717) is 19.8 Å². The van der Waals surface area contributed by atoms with Gasteiger partial charge in [-0.25, -0.2) is 4.79 Å². The topological polar surface area (TPSA) is 56.8 Å². The molecule has 0 aliphatic carbocycles. The minimum Gasteiger partial charge on any atom is -0.453 e. The van der Waals surface area contributed by atoms with Crippen LogP contribution in [-0.2, 0) is 13.6 Å². The van der Waals surface area contributed by atoms with Crippen molar-refractivity contribution in [2.75, 3.05) is 26.9 Å². The summed E-state index contributed by atoms with van der Waals surface area (Å²) in [5, 5.41) is 2.62. The zero-order valence-corrected chi connectivity index (χ0v) is 10.9. The molecule has 0 unspecified atom stereocenters. The van der Waals surface area contributed by atoms with Gasteiger partial charge in [0.2, 0.25) is 0 Å². The number of hydrogen-bond donors (Lipinski definition) is 1. The van der Waals surface area contributed by atoms with Crippen LogP contribution in [0.5, 0.6) is 0 Å². The van der Waals surface area contributed by atoms with Gasteiger partial charge in [-0.05, 0) is 26.3 Å². The molecule has 0 heterocycles. The third-order valence-electron chi connectivity index (χ3n) is 1.78. The Morgan fingerprint density at radius 3 is 2.33 bits per heavy atom. The summed E-state index contributed by atoms with van der Waals surface area (Å²) in [6.07, 6.45) is 0.479. The Morgan fingerprint density at radius 2 is 1.87 bits per heavy atom. The van der Waals surface area contributed by atoms with Gasteiger partial charge >= 0.3 is 15.4 Å². The molecule has 0 bridgehead atoms. The van der Waals surface area contributed by atoms with Crippen LogP contribution in [0.1, 0.15) is 20.3 Å². The molecule has 0 spiro atoms. The van der Waals surface area contributed by atoms with Crippen molar-refractivity contribution in [3.05, 3.63) is 0 Å². The molecular weight excluding hydrogens is 214 g/mol. The predicted octanol–water partition coefficient (Wildman–Crippen LogP) is 1.03. The van der Waals surface area contributed by atoms with Crippen LogP contribution in [0.25, 0.3) is 0 Å². The summed E-state index contributed by atoms with van der Waals surface area (Å²) >= 11 is 0.